The number of hydrogen-bond donors (Lipinski definition) is 0. The maximum Gasteiger partial charge on any atom is 0.128 e. The predicted molar refractivity (Wildman–Crippen MR) is 357 cm³/mol. The highest BCUT2D eigenvalue weighted by molar-refractivity contribution is 7.21. The van der Waals surface area contributed by atoms with E-state index in [2.05, 4.69) is 309 Å². The monoisotopic (exact) mass is 1100 g/mol. The molecule has 0 fully saturated rings. The molecule has 18 aromatic rings. The van der Waals surface area contributed by atoms with Crippen LogP contribution in [-0.2, 0) is 0 Å². The second-order valence-electron chi connectivity index (χ2n) is 21.9. The molecular weight excluding hydrogens is 1050 g/mol. The summed E-state index contributed by atoms with van der Waals surface area (Å²) >= 11 is 1.75. The van der Waals surface area contributed by atoms with Crippen molar-refractivity contribution in [1.29, 1.82) is 0 Å². The van der Waals surface area contributed by atoms with Crippen molar-refractivity contribution < 1.29 is 0 Å². The number of thiazole rings is 1. The van der Waals surface area contributed by atoms with Gasteiger partial charge in [-0.1, -0.05) is 218 Å². The third-order valence-corrected chi connectivity index (χ3v) is 18.5. The van der Waals surface area contributed by atoms with Gasteiger partial charge in [-0.15, -0.1) is 11.3 Å². The molecule has 18 rings (SSSR count). The van der Waals surface area contributed by atoms with Crippen molar-refractivity contribution >= 4 is 109 Å². The highest BCUT2D eigenvalue weighted by Gasteiger charge is 2.37. The van der Waals surface area contributed by atoms with Gasteiger partial charge in [0.1, 0.15) is 5.01 Å². The molecule has 0 bridgehead atoms. The molecule has 0 saturated carbocycles. The predicted octanol–water partition coefficient (Wildman–Crippen LogP) is 20.7. The van der Waals surface area contributed by atoms with Gasteiger partial charge in [-0.2, -0.15) is 0 Å². The largest absolute Gasteiger partial charge is 0.308 e. The van der Waals surface area contributed by atoms with Crippen LogP contribution in [0.3, 0.4) is 0 Å². The van der Waals surface area contributed by atoms with Crippen molar-refractivity contribution in [3.63, 3.8) is 0 Å². The number of rotatable bonds is 8. The number of hydrogen-bond acceptors (Lipinski definition) is 3. The molecule has 6 nitrogen and oxygen atoms in total. The van der Waals surface area contributed by atoms with E-state index in [4.69, 9.17) is 9.97 Å². The minimum Gasteiger partial charge on any atom is -0.308 e. The lowest BCUT2D eigenvalue weighted by molar-refractivity contribution is 1.04. The standard InChI is InChI=1S/C78H48N6S/c1-3-25-49(26-4-1)60-48-47-59(73(79-60)50-27-5-2-6-28-50)71-74(81-62-38-16-7-29-51(62)52-30-8-17-39-63(52)81)72(78-80-61-37-15-24-46-70(61)85-78)76(83-66-42-20-11-33-55(66)56-34-12-21-43-67(56)83)77(84-68-44-22-13-35-57(68)58-36-14-23-45-69(58)84)75(71)82-64-40-18-9-31-53(64)54-32-10-19-41-65(54)82/h1-48H. The van der Waals surface area contributed by atoms with Gasteiger partial charge in [0.05, 0.1) is 94.1 Å². The number of benzene rings is 12. The lowest BCUT2D eigenvalue weighted by Gasteiger charge is -2.31. The van der Waals surface area contributed by atoms with E-state index in [1.165, 1.54) is 0 Å². The summed E-state index contributed by atoms with van der Waals surface area (Å²) in [4.78, 5) is 11.8. The third kappa shape index (κ3) is 6.99. The summed E-state index contributed by atoms with van der Waals surface area (Å²) in [5.41, 5.74) is 20.3. The maximum absolute atomic E-state index is 5.92. The van der Waals surface area contributed by atoms with Crippen LogP contribution < -0.4 is 0 Å². The van der Waals surface area contributed by atoms with Crippen LogP contribution in [0.25, 0.3) is 164 Å². The topological polar surface area (TPSA) is 45.5 Å². The van der Waals surface area contributed by atoms with Crippen molar-refractivity contribution in [2.75, 3.05) is 0 Å². The Bertz CT molecular complexity index is 5490. The SMILES string of the molecule is c1ccc(-c2ccc(-c3c(-n4c5ccccc5c5ccccc54)c(-c4nc5ccccc5s4)c(-n4c5ccccc5c5ccccc54)c(-n4c5ccccc5c5ccccc54)c3-n3c4ccccc4c4ccccc43)c(-c3ccccc3)n2)cc1. The minimum absolute atomic E-state index is 0.860. The van der Waals surface area contributed by atoms with Gasteiger partial charge >= 0.3 is 0 Å². The van der Waals surface area contributed by atoms with E-state index < -0.39 is 0 Å². The smallest absolute Gasteiger partial charge is 0.128 e. The number of fused-ring (bicyclic) bond motifs is 13. The summed E-state index contributed by atoms with van der Waals surface area (Å²) in [7, 11) is 0. The Morgan fingerprint density at radius 3 is 0.988 bits per heavy atom. The van der Waals surface area contributed by atoms with Crippen LogP contribution in [0.2, 0.25) is 0 Å². The second kappa shape index (κ2) is 18.7. The summed E-state index contributed by atoms with van der Waals surface area (Å²) in [5, 5.41) is 10.2. The van der Waals surface area contributed by atoms with E-state index in [1.807, 2.05) is 0 Å². The summed E-state index contributed by atoms with van der Waals surface area (Å²) in [6.07, 6.45) is 0. The lowest BCUT2D eigenvalue weighted by atomic mass is 9.90. The molecule has 0 radical (unpaired) electrons. The first-order chi connectivity index (χ1) is 42.2. The van der Waals surface area contributed by atoms with Crippen LogP contribution in [0.1, 0.15) is 0 Å². The van der Waals surface area contributed by atoms with Gasteiger partial charge in [0, 0.05) is 65.3 Å². The van der Waals surface area contributed by atoms with E-state index in [0.29, 0.717) is 0 Å². The van der Waals surface area contributed by atoms with Crippen molar-refractivity contribution in [1.82, 2.24) is 28.2 Å². The average molecular weight is 1100 g/mol. The molecule has 396 valence electrons. The molecule has 0 unspecified atom stereocenters. The number of para-hydroxylation sites is 9. The Kier molecular flexibility index (Phi) is 10.5. The molecule has 6 heterocycles. The van der Waals surface area contributed by atoms with Crippen molar-refractivity contribution in [2.45, 2.75) is 0 Å². The molecule has 0 saturated heterocycles. The Morgan fingerprint density at radius 2 is 0.576 bits per heavy atom. The van der Waals surface area contributed by atoms with Crippen molar-refractivity contribution in [3.8, 4) is 67.0 Å². The fraction of sp³-hybridized carbons (Fsp3) is 0. The van der Waals surface area contributed by atoms with E-state index in [-0.39, 0.29) is 0 Å². The van der Waals surface area contributed by atoms with Crippen LogP contribution >= 0.6 is 11.3 Å². The van der Waals surface area contributed by atoms with Gasteiger partial charge in [-0.05, 0) is 72.8 Å². The van der Waals surface area contributed by atoms with Crippen LogP contribution in [-0.4, -0.2) is 28.2 Å². The number of nitrogens with zero attached hydrogens (tertiary/aromatic N) is 6. The zero-order chi connectivity index (χ0) is 55.7. The van der Waals surface area contributed by atoms with Crippen LogP contribution in [0.5, 0.6) is 0 Å². The second-order valence-corrected chi connectivity index (χ2v) is 23.0. The zero-order valence-electron chi connectivity index (χ0n) is 45.8. The molecule has 0 N–H and O–H groups in total. The molecule has 0 amide bonds. The molecule has 7 heteroatoms. The summed E-state index contributed by atoms with van der Waals surface area (Å²) < 4.78 is 11.4. The highest BCUT2D eigenvalue weighted by atomic mass is 32.1. The average Bonchev–Trinajstić information content (AvgIpc) is 2.88. The molecule has 6 aromatic heterocycles. The molecule has 12 aromatic carbocycles. The first-order valence-corrected chi connectivity index (χ1v) is 29.7. The summed E-state index contributed by atoms with van der Waals surface area (Å²) in [6, 6.07) is 106. The molecule has 0 aliphatic rings. The van der Waals surface area contributed by atoms with Gasteiger partial charge in [-0.3, -0.25) is 0 Å². The van der Waals surface area contributed by atoms with E-state index in [0.717, 1.165) is 164 Å². The summed E-state index contributed by atoms with van der Waals surface area (Å²) in [6.45, 7) is 0. The Morgan fingerprint density at radius 1 is 0.247 bits per heavy atom. The third-order valence-electron chi connectivity index (χ3n) is 17.4. The molecule has 0 aliphatic heterocycles. The van der Waals surface area contributed by atoms with Crippen LogP contribution in [0.4, 0.5) is 0 Å². The zero-order valence-corrected chi connectivity index (χ0v) is 46.6. The van der Waals surface area contributed by atoms with Crippen LogP contribution in [0, 0.1) is 0 Å². The van der Waals surface area contributed by atoms with Crippen molar-refractivity contribution in [2.24, 2.45) is 0 Å². The van der Waals surface area contributed by atoms with Crippen LogP contribution in [0.15, 0.2) is 291 Å². The maximum atomic E-state index is 5.92. The lowest BCUT2D eigenvalue weighted by Crippen LogP contribution is -2.16. The molecule has 85 heavy (non-hydrogen) atoms. The first-order valence-electron chi connectivity index (χ1n) is 28.9. The van der Waals surface area contributed by atoms with E-state index >= 15 is 0 Å². The minimum atomic E-state index is 0.860. The highest BCUT2D eigenvalue weighted by Crippen LogP contribution is 2.56. The molecule has 0 aliphatic carbocycles. The van der Waals surface area contributed by atoms with Crippen molar-refractivity contribution in [3.05, 3.63) is 291 Å². The Hall–Kier alpha value is -11.1. The number of pyridine rings is 1. The quantitative estimate of drug-likeness (QED) is 0.152. The van der Waals surface area contributed by atoms with Gasteiger partial charge in [0.25, 0.3) is 0 Å². The number of aromatic nitrogens is 6. The van der Waals surface area contributed by atoms with Gasteiger partial charge < -0.3 is 18.3 Å². The fourth-order valence-corrected chi connectivity index (χ4v) is 14.9. The Balaban J connectivity index is 1.23. The summed E-state index contributed by atoms with van der Waals surface area (Å²) in [5.74, 6) is 0. The first kappa shape index (κ1) is 47.5. The van der Waals surface area contributed by atoms with Gasteiger partial charge in [0.15, 0.2) is 0 Å². The molecule has 0 spiro atoms. The van der Waals surface area contributed by atoms with Gasteiger partial charge in [-0.25, -0.2) is 9.97 Å². The Labute approximate surface area is 492 Å². The molecular formula is C78H48N6S. The fourth-order valence-electron chi connectivity index (χ4n) is 13.9. The van der Waals surface area contributed by atoms with E-state index in [1.54, 1.807) is 11.3 Å². The molecule has 0 atom stereocenters. The normalized spacial score (nSPS) is 12.0. The van der Waals surface area contributed by atoms with E-state index in [9.17, 15) is 0 Å². The van der Waals surface area contributed by atoms with Gasteiger partial charge in [0.2, 0.25) is 0 Å².